The van der Waals surface area contributed by atoms with Gasteiger partial charge in [0.2, 0.25) is 0 Å². The van der Waals surface area contributed by atoms with Gasteiger partial charge in [0.15, 0.2) is 5.78 Å². The summed E-state index contributed by atoms with van der Waals surface area (Å²) in [4.78, 5) is 33.9. The molecule has 4 aromatic rings. The van der Waals surface area contributed by atoms with E-state index in [4.69, 9.17) is 0 Å². The first-order valence-electron chi connectivity index (χ1n) is 10.1. The minimum atomic E-state index is -0.164. The Hall–Kier alpha value is -3.64. The Morgan fingerprint density at radius 2 is 1.71 bits per heavy atom. The summed E-state index contributed by atoms with van der Waals surface area (Å²) in [5.41, 5.74) is 5.64. The van der Waals surface area contributed by atoms with Crippen LogP contribution in [-0.4, -0.2) is 28.2 Å². The summed E-state index contributed by atoms with van der Waals surface area (Å²) < 4.78 is 0. The van der Waals surface area contributed by atoms with Gasteiger partial charge in [-0.25, -0.2) is 4.98 Å². The molecule has 0 saturated carbocycles. The molecule has 1 aliphatic carbocycles. The second-order valence-corrected chi connectivity index (χ2v) is 8.30. The number of rotatable bonds is 6. The van der Waals surface area contributed by atoms with E-state index in [2.05, 4.69) is 15.3 Å². The largest absolute Gasteiger partial charge is 0.352 e. The highest BCUT2D eigenvalue weighted by Crippen LogP contribution is 2.36. The number of hydrogen-bond donors (Lipinski definition) is 1. The Bertz CT molecular complexity index is 1280. The third kappa shape index (κ3) is 3.78. The van der Waals surface area contributed by atoms with Crippen LogP contribution in [0.3, 0.4) is 0 Å². The van der Waals surface area contributed by atoms with Gasteiger partial charge in [0.05, 0.1) is 10.7 Å². The molecule has 1 amide bonds. The molecule has 1 N–H and O–H groups in total. The first-order chi connectivity index (χ1) is 15.2. The molecule has 1 aliphatic rings. The van der Waals surface area contributed by atoms with Crippen molar-refractivity contribution in [2.45, 2.75) is 12.8 Å². The number of nitrogens with zero attached hydrogens (tertiary/aromatic N) is 2. The van der Waals surface area contributed by atoms with Crippen molar-refractivity contribution in [3.63, 3.8) is 0 Å². The molecule has 0 unspecified atom stereocenters. The van der Waals surface area contributed by atoms with Crippen molar-refractivity contribution in [1.29, 1.82) is 0 Å². The van der Waals surface area contributed by atoms with E-state index in [1.54, 1.807) is 35.9 Å². The Morgan fingerprint density at radius 3 is 2.55 bits per heavy atom. The molecule has 0 saturated heterocycles. The summed E-state index contributed by atoms with van der Waals surface area (Å²) in [6, 6.07) is 16.8. The molecule has 6 heteroatoms. The number of pyridine rings is 1. The van der Waals surface area contributed by atoms with Crippen LogP contribution in [0.5, 0.6) is 0 Å². The van der Waals surface area contributed by atoms with E-state index in [1.165, 1.54) is 0 Å². The van der Waals surface area contributed by atoms with E-state index in [0.717, 1.165) is 40.2 Å². The van der Waals surface area contributed by atoms with Crippen molar-refractivity contribution in [2.75, 3.05) is 6.54 Å². The van der Waals surface area contributed by atoms with Crippen LogP contribution < -0.4 is 5.32 Å². The maximum Gasteiger partial charge on any atom is 0.251 e. The zero-order valence-electron chi connectivity index (χ0n) is 16.7. The maximum atomic E-state index is 12.6. The average molecular weight is 426 g/mol. The zero-order chi connectivity index (χ0) is 21.2. The van der Waals surface area contributed by atoms with Crippen LogP contribution in [-0.2, 0) is 6.42 Å². The predicted molar refractivity (Wildman–Crippen MR) is 121 cm³/mol. The topological polar surface area (TPSA) is 72.0 Å². The normalized spacial score (nSPS) is 11.8. The van der Waals surface area contributed by atoms with E-state index >= 15 is 0 Å². The summed E-state index contributed by atoms with van der Waals surface area (Å²) in [5.74, 6) is -0.183. The first kappa shape index (κ1) is 19.3. The number of ketones is 1. The van der Waals surface area contributed by atoms with Crippen LogP contribution in [0.4, 0.5) is 0 Å². The molecule has 2 heterocycles. The molecule has 0 spiro atoms. The van der Waals surface area contributed by atoms with Gasteiger partial charge in [0.25, 0.3) is 5.91 Å². The van der Waals surface area contributed by atoms with Gasteiger partial charge < -0.3 is 5.32 Å². The minimum Gasteiger partial charge on any atom is -0.352 e. The van der Waals surface area contributed by atoms with Gasteiger partial charge in [0.1, 0.15) is 0 Å². The molecule has 152 valence electrons. The quantitative estimate of drug-likeness (QED) is 0.398. The van der Waals surface area contributed by atoms with Gasteiger partial charge in [-0.3, -0.25) is 14.6 Å². The average Bonchev–Trinajstić information content (AvgIpc) is 3.40. The number of hydrogen-bond acceptors (Lipinski definition) is 5. The lowest BCUT2D eigenvalue weighted by atomic mass is 10.0. The van der Waals surface area contributed by atoms with Crippen molar-refractivity contribution >= 4 is 23.0 Å². The summed E-state index contributed by atoms with van der Waals surface area (Å²) in [5, 5.41) is 6.04. The lowest BCUT2D eigenvalue weighted by Crippen LogP contribution is -2.25. The monoisotopic (exact) mass is 425 g/mol. The van der Waals surface area contributed by atoms with E-state index < -0.39 is 0 Å². The number of fused-ring (bicyclic) bond motifs is 3. The van der Waals surface area contributed by atoms with Crippen LogP contribution in [0.25, 0.3) is 22.4 Å². The molecule has 5 rings (SSSR count). The highest BCUT2D eigenvalue weighted by Gasteiger charge is 2.26. The molecule has 0 bridgehead atoms. The predicted octanol–water partition coefficient (Wildman–Crippen LogP) is 4.78. The van der Waals surface area contributed by atoms with Crippen LogP contribution >= 0.6 is 11.3 Å². The molecule has 2 aromatic carbocycles. The van der Waals surface area contributed by atoms with Crippen molar-refractivity contribution in [3.05, 3.63) is 94.1 Å². The summed E-state index contributed by atoms with van der Waals surface area (Å²) in [6.45, 7) is 0.550. The highest BCUT2D eigenvalue weighted by molar-refractivity contribution is 7.09. The SMILES string of the molecule is O=C(NCCCc1nc(-c2ccncc2)cs1)c1ccc2c(c1)C(=O)c1ccccc1-2. The number of benzene rings is 2. The van der Waals surface area contributed by atoms with Crippen LogP contribution in [0.15, 0.2) is 72.4 Å². The number of carbonyl (C=O) groups is 2. The molecular weight excluding hydrogens is 406 g/mol. The number of carbonyl (C=O) groups excluding carboxylic acids is 2. The fraction of sp³-hybridized carbons (Fsp3) is 0.120. The van der Waals surface area contributed by atoms with Gasteiger partial charge in [-0.2, -0.15) is 0 Å². The Kier molecular flexibility index (Phi) is 5.14. The molecule has 0 fully saturated rings. The summed E-state index contributed by atoms with van der Waals surface area (Å²) >= 11 is 1.63. The van der Waals surface area contributed by atoms with E-state index in [9.17, 15) is 9.59 Å². The second-order valence-electron chi connectivity index (χ2n) is 7.36. The highest BCUT2D eigenvalue weighted by atomic mass is 32.1. The summed E-state index contributed by atoms with van der Waals surface area (Å²) in [7, 11) is 0. The Labute approximate surface area is 183 Å². The number of thiazole rings is 1. The molecule has 31 heavy (non-hydrogen) atoms. The van der Waals surface area contributed by atoms with Crippen molar-refractivity contribution < 1.29 is 9.59 Å². The van der Waals surface area contributed by atoms with E-state index in [1.807, 2.05) is 47.8 Å². The number of amides is 1. The first-order valence-corrected chi connectivity index (χ1v) is 11.0. The number of aromatic nitrogens is 2. The molecule has 0 atom stereocenters. The fourth-order valence-corrected chi connectivity index (χ4v) is 4.64. The van der Waals surface area contributed by atoms with E-state index in [0.29, 0.717) is 23.2 Å². The van der Waals surface area contributed by atoms with Crippen LogP contribution in [0.1, 0.15) is 37.7 Å². The van der Waals surface area contributed by atoms with Crippen molar-refractivity contribution in [2.24, 2.45) is 0 Å². The summed E-state index contributed by atoms with van der Waals surface area (Å²) in [6.07, 6.45) is 5.11. The molecule has 0 radical (unpaired) electrons. The fourth-order valence-electron chi connectivity index (χ4n) is 3.79. The van der Waals surface area contributed by atoms with E-state index in [-0.39, 0.29) is 11.7 Å². The molecule has 5 nitrogen and oxygen atoms in total. The maximum absolute atomic E-state index is 12.6. The Morgan fingerprint density at radius 1 is 0.935 bits per heavy atom. The number of nitrogens with one attached hydrogen (secondary N) is 1. The second kappa shape index (κ2) is 8.24. The van der Waals surface area contributed by atoms with Crippen molar-refractivity contribution in [3.8, 4) is 22.4 Å². The third-order valence-electron chi connectivity index (χ3n) is 5.37. The van der Waals surface area contributed by atoms with Crippen LogP contribution in [0, 0.1) is 0 Å². The lowest BCUT2D eigenvalue weighted by Gasteiger charge is -2.06. The molecular formula is C25H19N3O2S. The zero-order valence-corrected chi connectivity index (χ0v) is 17.5. The smallest absolute Gasteiger partial charge is 0.251 e. The van der Waals surface area contributed by atoms with Gasteiger partial charge in [0, 0.05) is 53.0 Å². The number of aryl methyl sites for hydroxylation is 1. The third-order valence-corrected chi connectivity index (χ3v) is 6.28. The lowest BCUT2D eigenvalue weighted by molar-refractivity contribution is 0.0953. The molecule has 0 aliphatic heterocycles. The van der Waals surface area contributed by atoms with Crippen molar-refractivity contribution in [1.82, 2.24) is 15.3 Å². The van der Waals surface area contributed by atoms with Gasteiger partial charge >= 0.3 is 0 Å². The standard InChI is InChI=1S/C25H19N3O2S/c29-24-20-5-2-1-4-18(20)19-8-7-17(14-21(19)24)25(30)27-11-3-6-23-28-22(15-31-23)16-9-12-26-13-10-16/h1-2,4-5,7-10,12-15H,3,6,11H2,(H,27,30). The van der Waals surface area contributed by atoms with Crippen LogP contribution in [0.2, 0.25) is 0 Å². The Balaban J connectivity index is 1.18. The van der Waals surface area contributed by atoms with Gasteiger partial charge in [-0.15, -0.1) is 11.3 Å². The van der Waals surface area contributed by atoms with Gasteiger partial charge in [-0.1, -0.05) is 30.3 Å². The van der Waals surface area contributed by atoms with Gasteiger partial charge in [-0.05, 0) is 41.8 Å². The molecule has 2 aromatic heterocycles. The minimum absolute atomic E-state index is 0.0194.